The molecule has 120 valence electrons. The topological polar surface area (TPSA) is 109 Å². The zero-order valence-electron chi connectivity index (χ0n) is 12.0. The molecule has 0 N–H and O–H groups in total. The highest BCUT2D eigenvalue weighted by molar-refractivity contribution is 8.03. The lowest BCUT2D eigenvalue weighted by Gasteiger charge is -2.05. The third-order valence-electron chi connectivity index (χ3n) is 3.07. The van der Waals surface area contributed by atoms with Crippen LogP contribution in [0, 0.1) is 10.1 Å². The van der Waals surface area contributed by atoms with Crippen LogP contribution in [0.25, 0.3) is 17.2 Å². The predicted octanol–water partition coefficient (Wildman–Crippen LogP) is 2.62. The van der Waals surface area contributed by atoms with Crippen LogP contribution in [0.1, 0.15) is 5.56 Å². The van der Waals surface area contributed by atoms with E-state index in [1.54, 1.807) is 24.3 Å². The number of rotatable bonds is 5. The Labute approximate surface area is 139 Å². The van der Waals surface area contributed by atoms with Crippen molar-refractivity contribution in [1.29, 1.82) is 0 Å². The summed E-state index contributed by atoms with van der Waals surface area (Å²) in [6, 6.07) is 12.6. The van der Waals surface area contributed by atoms with Crippen LogP contribution < -0.4 is 5.11 Å². The smallest absolute Gasteiger partial charge is 0.269 e. The summed E-state index contributed by atoms with van der Waals surface area (Å²) in [7, 11) is 0. The molecule has 0 amide bonds. The molecule has 2 aromatic carbocycles. The van der Waals surface area contributed by atoms with Gasteiger partial charge in [-0.25, -0.2) is 4.98 Å². The van der Waals surface area contributed by atoms with Crippen LogP contribution in [0.2, 0.25) is 0 Å². The van der Waals surface area contributed by atoms with Gasteiger partial charge in [-0.05, 0) is 47.7 Å². The van der Waals surface area contributed by atoms with Gasteiger partial charge in [0.15, 0.2) is 5.58 Å². The van der Waals surface area contributed by atoms with E-state index >= 15 is 0 Å². The Morgan fingerprint density at radius 2 is 1.88 bits per heavy atom. The zero-order valence-corrected chi connectivity index (χ0v) is 12.9. The molecule has 3 rings (SSSR count). The summed E-state index contributed by atoms with van der Waals surface area (Å²) in [6.45, 7) is 0. The second-order valence-corrected chi connectivity index (χ2v) is 5.69. The van der Waals surface area contributed by atoms with Crippen molar-refractivity contribution in [3.63, 3.8) is 0 Å². The van der Waals surface area contributed by atoms with Gasteiger partial charge in [-0.2, -0.15) is 0 Å². The lowest BCUT2D eigenvalue weighted by Crippen LogP contribution is -2.22. The fourth-order valence-corrected chi connectivity index (χ4v) is 2.70. The van der Waals surface area contributed by atoms with Gasteiger partial charge in [0.05, 0.1) is 10.9 Å². The lowest BCUT2D eigenvalue weighted by atomic mass is 10.2. The van der Waals surface area contributed by atoms with Gasteiger partial charge < -0.3 is 14.3 Å². The van der Waals surface area contributed by atoms with Crippen LogP contribution in [0.15, 0.2) is 63.1 Å². The number of carbonyl (C=O) groups excluding carboxylic acids is 1. The van der Waals surface area contributed by atoms with E-state index in [-0.39, 0.29) is 15.8 Å². The standard InChI is InChI=1S/C16H10N2O5S/c19-15(20)14(9-10-5-7-11(8-6-10)18(21)22)24-16-17-12-3-1-2-4-13(12)23-16/h1-9H,(H,19,20)/p-1/b14-9+. The van der Waals surface area contributed by atoms with Crippen LogP contribution in [0.3, 0.4) is 0 Å². The van der Waals surface area contributed by atoms with Crippen molar-refractivity contribution in [3.8, 4) is 0 Å². The van der Waals surface area contributed by atoms with Crippen LogP contribution in [-0.2, 0) is 4.79 Å². The first-order valence-electron chi connectivity index (χ1n) is 6.74. The average Bonchev–Trinajstić information content (AvgIpc) is 2.97. The van der Waals surface area contributed by atoms with Crippen LogP contribution >= 0.6 is 11.8 Å². The summed E-state index contributed by atoms with van der Waals surface area (Å²) < 4.78 is 5.47. The number of nitrogens with zero attached hydrogens (tertiary/aromatic N) is 2. The molecule has 8 heteroatoms. The lowest BCUT2D eigenvalue weighted by molar-refractivity contribution is -0.384. The highest BCUT2D eigenvalue weighted by Gasteiger charge is 2.10. The molecular formula is C16H9N2O5S-. The number of hydrogen-bond donors (Lipinski definition) is 0. The Kier molecular flexibility index (Phi) is 4.30. The van der Waals surface area contributed by atoms with Crippen molar-refractivity contribution in [2.75, 3.05) is 0 Å². The molecule has 0 unspecified atom stereocenters. The first kappa shape index (κ1) is 15.8. The highest BCUT2D eigenvalue weighted by Crippen LogP contribution is 2.30. The minimum Gasteiger partial charge on any atom is -0.544 e. The molecule has 0 spiro atoms. The van der Waals surface area contributed by atoms with Crippen LogP contribution in [0.4, 0.5) is 5.69 Å². The van der Waals surface area contributed by atoms with E-state index in [4.69, 9.17) is 4.42 Å². The molecule has 0 atom stereocenters. The second kappa shape index (κ2) is 6.55. The number of non-ortho nitro benzene ring substituents is 1. The Hall–Kier alpha value is -3.13. The van der Waals surface area contributed by atoms with E-state index in [1.165, 1.54) is 30.3 Å². The van der Waals surface area contributed by atoms with E-state index in [2.05, 4.69) is 4.98 Å². The summed E-state index contributed by atoms with van der Waals surface area (Å²) in [5.74, 6) is -1.39. The molecule has 0 aliphatic rings. The van der Waals surface area contributed by atoms with E-state index in [1.807, 2.05) is 0 Å². The minimum absolute atomic E-state index is 0.0752. The number of carbonyl (C=O) groups is 1. The number of carboxylic acids is 1. The van der Waals surface area contributed by atoms with Gasteiger partial charge in [0.2, 0.25) is 0 Å². The molecule has 3 aromatic rings. The van der Waals surface area contributed by atoms with E-state index in [0.717, 1.165) is 11.8 Å². The molecule has 24 heavy (non-hydrogen) atoms. The largest absolute Gasteiger partial charge is 0.544 e. The molecule has 0 saturated heterocycles. The van der Waals surface area contributed by atoms with Gasteiger partial charge in [-0.15, -0.1) is 0 Å². The summed E-state index contributed by atoms with van der Waals surface area (Å²) in [5, 5.41) is 22.1. The molecule has 0 radical (unpaired) electrons. The van der Waals surface area contributed by atoms with Crippen molar-refractivity contribution in [2.24, 2.45) is 0 Å². The maximum absolute atomic E-state index is 11.3. The zero-order chi connectivity index (χ0) is 17.1. The van der Waals surface area contributed by atoms with Gasteiger partial charge in [0, 0.05) is 17.0 Å². The van der Waals surface area contributed by atoms with Gasteiger partial charge in [0.25, 0.3) is 10.9 Å². The fraction of sp³-hybridized carbons (Fsp3) is 0. The maximum Gasteiger partial charge on any atom is 0.269 e. The van der Waals surface area contributed by atoms with Gasteiger partial charge in [-0.1, -0.05) is 12.1 Å². The number of nitro groups is 1. The van der Waals surface area contributed by atoms with Crippen LogP contribution in [0.5, 0.6) is 0 Å². The number of fused-ring (bicyclic) bond motifs is 1. The average molecular weight is 341 g/mol. The molecule has 7 nitrogen and oxygen atoms in total. The number of nitro benzene ring substituents is 1. The van der Waals surface area contributed by atoms with Crippen molar-refractivity contribution in [2.45, 2.75) is 5.22 Å². The molecular weight excluding hydrogens is 332 g/mol. The molecule has 0 aliphatic heterocycles. The monoisotopic (exact) mass is 341 g/mol. The van der Waals surface area contributed by atoms with Crippen molar-refractivity contribution >= 4 is 40.6 Å². The SMILES string of the molecule is O=C([O-])/C(=C\c1ccc([N+](=O)[O-])cc1)Sc1nc2ccccc2o1. The Bertz CT molecular complexity index is 914. The second-order valence-electron chi connectivity index (χ2n) is 4.69. The predicted molar refractivity (Wildman–Crippen MR) is 85.9 cm³/mol. The van der Waals surface area contributed by atoms with Crippen molar-refractivity contribution < 1.29 is 19.2 Å². The molecule has 0 fully saturated rings. The minimum atomic E-state index is -1.39. The van der Waals surface area contributed by atoms with Crippen LogP contribution in [-0.4, -0.2) is 15.9 Å². The molecule has 1 heterocycles. The third-order valence-corrected chi connectivity index (χ3v) is 3.93. The fourth-order valence-electron chi connectivity index (χ4n) is 1.96. The summed E-state index contributed by atoms with van der Waals surface area (Å²) >= 11 is 0.815. The highest BCUT2D eigenvalue weighted by atomic mass is 32.2. The number of aliphatic carboxylic acids is 1. The molecule has 0 saturated carbocycles. The Morgan fingerprint density at radius 1 is 1.17 bits per heavy atom. The summed E-state index contributed by atoms with van der Waals surface area (Å²) in [5.41, 5.74) is 1.58. The normalized spacial score (nSPS) is 11.6. The quantitative estimate of drug-likeness (QED) is 0.304. The number of para-hydroxylation sites is 2. The summed E-state index contributed by atoms with van der Waals surface area (Å²) in [6.07, 6.45) is 1.35. The van der Waals surface area contributed by atoms with Gasteiger partial charge in [0.1, 0.15) is 5.52 Å². The Morgan fingerprint density at radius 3 is 2.50 bits per heavy atom. The number of oxazole rings is 1. The molecule has 0 aliphatic carbocycles. The van der Waals surface area contributed by atoms with Gasteiger partial charge in [-0.3, -0.25) is 10.1 Å². The Balaban J connectivity index is 1.88. The first-order chi connectivity index (χ1) is 11.5. The third kappa shape index (κ3) is 3.44. The maximum atomic E-state index is 11.3. The molecule has 0 bridgehead atoms. The van der Waals surface area contributed by atoms with Gasteiger partial charge >= 0.3 is 0 Å². The number of thioether (sulfide) groups is 1. The number of carboxylic acid groups (broad SMARTS) is 1. The van der Waals surface area contributed by atoms with Crippen molar-refractivity contribution in [1.82, 2.24) is 4.98 Å². The number of hydrogen-bond acceptors (Lipinski definition) is 7. The van der Waals surface area contributed by atoms with E-state index in [0.29, 0.717) is 16.7 Å². The summed E-state index contributed by atoms with van der Waals surface area (Å²) in [4.78, 5) is 25.5. The van der Waals surface area contributed by atoms with Crippen molar-refractivity contribution in [3.05, 3.63) is 69.1 Å². The number of aromatic nitrogens is 1. The van der Waals surface area contributed by atoms with E-state index in [9.17, 15) is 20.0 Å². The number of benzene rings is 2. The van der Waals surface area contributed by atoms with E-state index < -0.39 is 10.9 Å². The first-order valence-corrected chi connectivity index (χ1v) is 7.55. The molecule has 1 aromatic heterocycles.